The number of fused-ring (bicyclic) bond motifs is 1. The largest absolute Gasteiger partial charge is 0.478 e. The van der Waals surface area contributed by atoms with Crippen LogP contribution < -0.4 is 0 Å². The zero-order valence-corrected chi connectivity index (χ0v) is 9.77. The third-order valence-corrected chi connectivity index (χ3v) is 2.62. The standard InChI is InChI=1S/C14H13NO2/c1-9-7-10(2)14-12(8-9)11(5-6-15-14)3-4-13(16)17/h3-8H,1-2H3,(H,16,17)/b4-3+. The Balaban J connectivity index is 2.68. The smallest absolute Gasteiger partial charge is 0.328 e. The fraction of sp³-hybridized carbons (Fsp3) is 0.143. The zero-order valence-electron chi connectivity index (χ0n) is 9.77. The summed E-state index contributed by atoms with van der Waals surface area (Å²) in [5.74, 6) is -0.945. The molecule has 0 aliphatic rings. The molecule has 0 radical (unpaired) electrons. The Kier molecular flexibility index (Phi) is 2.91. The van der Waals surface area contributed by atoms with Gasteiger partial charge in [-0.15, -0.1) is 0 Å². The number of benzene rings is 1. The van der Waals surface area contributed by atoms with Gasteiger partial charge in [0.15, 0.2) is 0 Å². The third-order valence-electron chi connectivity index (χ3n) is 2.62. The summed E-state index contributed by atoms with van der Waals surface area (Å²) < 4.78 is 0. The van der Waals surface area contributed by atoms with Crippen molar-refractivity contribution in [2.75, 3.05) is 0 Å². The SMILES string of the molecule is Cc1cc(C)c2nccc(/C=C/C(=O)O)c2c1. The molecular weight excluding hydrogens is 214 g/mol. The lowest BCUT2D eigenvalue weighted by Crippen LogP contribution is -1.90. The van der Waals surface area contributed by atoms with Crippen molar-refractivity contribution in [1.82, 2.24) is 4.98 Å². The van der Waals surface area contributed by atoms with E-state index in [2.05, 4.69) is 11.1 Å². The molecule has 2 aromatic rings. The molecule has 86 valence electrons. The Labute approximate surface area is 99.4 Å². The minimum Gasteiger partial charge on any atom is -0.478 e. The highest BCUT2D eigenvalue weighted by Gasteiger charge is 2.03. The minimum absolute atomic E-state index is 0.879. The highest BCUT2D eigenvalue weighted by molar-refractivity contribution is 5.94. The molecule has 0 aliphatic heterocycles. The number of aliphatic carboxylic acids is 1. The van der Waals surface area contributed by atoms with Crippen molar-refractivity contribution in [2.24, 2.45) is 0 Å². The van der Waals surface area contributed by atoms with Crippen molar-refractivity contribution < 1.29 is 9.90 Å². The van der Waals surface area contributed by atoms with E-state index in [1.165, 1.54) is 0 Å². The van der Waals surface area contributed by atoms with Crippen molar-refractivity contribution in [3.8, 4) is 0 Å². The first-order valence-electron chi connectivity index (χ1n) is 5.35. The zero-order chi connectivity index (χ0) is 12.4. The van der Waals surface area contributed by atoms with Gasteiger partial charge < -0.3 is 5.11 Å². The van der Waals surface area contributed by atoms with Gasteiger partial charge in [-0.25, -0.2) is 4.79 Å². The number of nitrogens with zero attached hydrogens (tertiary/aromatic N) is 1. The van der Waals surface area contributed by atoms with Gasteiger partial charge in [-0.05, 0) is 43.2 Å². The van der Waals surface area contributed by atoms with Crippen LogP contribution in [0.25, 0.3) is 17.0 Å². The van der Waals surface area contributed by atoms with Crippen LogP contribution in [0.4, 0.5) is 0 Å². The van der Waals surface area contributed by atoms with E-state index in [4.69, 9.17) is 5.11 Å². The summed E-state index contributed by atoms with van der Waals surface area (Å²) in [4.78, 5) is 14.9. The average molecular weight is 227 g/mol. The van der Waals surface area contributed by atoms with Crippen LogP contribution >= 0.6 is 0 Å². The van der Waals surface area contributed by atoms with E-state index in [0.29, 0.717) is 0 Å². The molecule has 0 aliphatic carbocycles. The lowest BCUT2D eigenvalue weighted by atomic mass is 10.0. The van der Waals surface area contributed by atoms with Gasteiger partial charge in [-0.3, -0.25) is 4.98 Å². The van der Waals surface area contributed by atoms with Gasteiger partial charge in [0.1, 0.15) is 0 Å². The van der Waals surface area contributed by atoms with Crippen LogP contribution in [0.1, 0.15) is 16.7 Å². The number of aromatic nitrogens is 1. The molecular formula is C14H13NO2. The second-order valence-corrected chi connectivity index (χ2v) is 4.05. The molecule has 0 atom stereocenters. The number of hydrogen-bond donors (Lipinski definition) is 1. The van der Waals surface area contributed by atoms with Gasteiger partial charge in [-0.2, -0.15) is 0 Å². The average Bonchev–Trinajstić information content (AvgIpc) is 2.26. The lowest BCUT2D eigenvalue weighted by molar-refractivity contribution is -0.131. The second-order valence-electron chi connectivity index (χ2n) is 4.05. The number of rotatable bonds is 2. The molecule has 0 saturated carbocycles. The predicted octanol–water partition coefficient (Wildman–Crippen LogP) is 2.95. The Bertz CT molecular complexity index is 615. The van der Waals surface area contributed by atoms with Crippen LogP contribution in [0.5, 0.6) is 0 Å². The van der Waals surface area contributed by atoms with Crippen LogP contribution in [-0.2, 0) is 4.79 Å². The first-order chi connectivity index (χ1) is 8.08. The van der Waals surface area contributed by atoms with Crippen molar-refractivity contribution in [1.29, 1.82) is 0 Å². The van der Waals surface area contributed by atoms with Crippen molar-refractivity contribution in [3.63, 3.8) is 0 Å². The number of carbonyl (C=O) groups is 1. The summed E-state index contributed by atoms with van der Waals surface area (Å²) in [7, 11) is 0. The Morgan fingerprint density at radius 1 is 1.35 bits per heavy atom. The number of aryl methyl sites for hydroxylation is 2. The first-order valence-corrected chi connectivity index (χ1v) is 5.35. The highest BCUT2D eigenvalue weighted by atomic mass is 16.4. The lowest BCUT2D eigenvalue weighted by Gasteiger charge is -2.06. The van der Waals surface area contributed by atoms with Crippen molar-refractivity contribution >= 4 is 22.9 Å². The van der Waals surface area contributed by atoms with Crippen molar-refractivity contribution in [3.05, 3.63) is 47.2 Å². The molecule has 1 aromatic heterocycles. The van der Waals surface area contributed by atoms with Gasteiger partial charge in [-0.1, -0.05) is 11.6 Å². The van der Waals surface area contributed by atoms with Crippen LogP contribution in [0, 0.1) is 13.8 Å². The summed E-state index contributed by atoms with van der Waals surface area (Å²) in [5.41, 5.74) is 4.05. The highest BCUT2D eigenvalue weighted by Crippen LogP contribution is 2.22. The van der Waals surface area contributed by atoms with Gasteiger partial charge in [0, 0.05) is 17.7 Å². The minimum atomic E-state index is -0.945. The predicted molar refractivity (Wildman–Crippen MR) is 67.9 cm³/mol. The summed E-state index contributed by atoms with van der Waals surface area (Å²) in [6.45, 7) is 4.02. The molecule has 1 heterocycles. The van der Waals surface area contributed by atoms with E-state index in [9.17, 15) is 4.79 Å². The fourth-order valence-electron chi connectivity index (χ4n) is 1.94. The van der Waals surface area contributed by atoms with Crippen LogP contribution in [0.15, 0.2) is 30.5 Å². The Morgan fingerprint density at radius 3 is 2.82 bits per heavy atom. The Morgan fingerprint density at radius 2 is 2.12 bits per heavy atom. The molecule has 0 fully saturated rings. The molecule has 0 amide bonds. The van der Waals surface area contributed by atoms with Gasteiger partial charge >= 0.3 is 5.97 Å². The quantitative estimate of drug-likeness (QED) is 0.802. The maximum Gasteiger partial charge on any atom is 0.328 e. The van der Waals surface area contributed by atoms with E-state index >= 15 is 0 Å². The molecule has 1 aromatic carbocycles. The van der Waals surface area contributed by atoms with Gasteiger partial charge in [0.05, 0.1) is 5.52 Å². The molecule has 17 heavy (non-hydrogen) atoms. The fourth-order valence-corrected chi connectivity index (χ4v) is 1.94. The molecule has 2 rings (SSSR count). The normalized spacial score (nSPS) is 11.2. The summed E-state index contributed by atoms with van der Waals surface area (Å²) in [5, 5.41) is 9.64. The summed E-state index contributed by atoms with van der Waals surface area (Å²) >= 11 is 0. The number of carboxylic acids is 1. The second kappa shape index (κ2) is 4.37. The molecule has 3 heteroatoms. The number of carboxylic acid groups (broad SMARTS) is 1. The summed E-state index contributed by atoms with van der Waals surface area (Å²) in [6, 6.07) is 5.91. The summed E-state index contributed by atoms with van der Waals surface area (Å²) in [6.07, 6.45) is 4.45. The van der Waals surface area contributed by atoms with Crippen molar-refractivity contribution in [2.45, 2.75) is 13.8 Å². The molecule has 1 N–H and O–H groups in total. The number of pyridine rings is 1. The Hall–Kier alpha value is -2.16. The monoisotopic (exact) mass is 227 g/mol. The van der Waals surface area contributed by atoms with Crippen LogP contribution in [0.3, 0.4) is 0 Å². The maximum absolute atomic E-state index is 10.5. The van der Waals surface area contributed by atoms with E-state index in [-0.39, 0.29) is 0 Å². The van der Waals surface area contributed by atoms with E-state index in [1.54, 1.807) is 12.3 Å². The van der Waals surface area contributed by atoms with E-state index in [0.717, 1.165) is 33.7 Å². The van der Waals surface area contributed by atoms with Gasteiger partial charge in [0.25, 0.3) is 0 Å². The topological polar surface area (TPSA) is 50.2 Å². The molecule has 0 spiro atoms. The molecule has 3 nitrogen and oxygen atoms in total. The molecule has 0 bridgehead atoms. The molecule has 0 unspecified atom stereocenters. The molecule has 0 saturated heterocycles. The van der Waals surface area contributed by atoms with Crippen LogP contribution in [0.2, 0.25) is 0 Å². The first kappa shape index (κ1) is 11.3. The van der Waals surface area contributed by atoms with Crippen LogP contribution in [-0.4, -0.2) is 16.1 Å². The van der Waals surface area contributed by atoms with E-state index < -0.39 is 5.97 Å². The maximum atomic E-state index is 10.5. The number of hydrogen-bond acceptors (Lipinski definition) is 2. The van der Waals surface area contributed by atoms with E-state index in [1.807, 2.05) is 26.0 Å². The van der Waals surface area contributed by atoms with Gasteiger partial charge in [0.2, 0.25) is 0 Å². The third kappa shape index (κ3) is 2.33.